The van der Waals surface area contributed by atoms with Crippen molar-refractivity contribution in [3.63, 3.8) is 0 Å². The lowest BCUT2D eigenvalue weighted by atomic mass is 9.85. The number of carbonyl (C=O) groups is 2. The highest BCUT2D eigenvalue weighted by Gasteiger charge is 2.27. The van der Waals surface area contributed by atoms with Crippen LogP contribution in [0.2, 0.25) is 0 Å². The minimum absolute atomic E-state index is 0.163. The molecular weight excluding hydrogens is 480 g/mol. The third-order valence-corrected chi connectivity index (χ3v) is 6.65. The van der Waals surface area contributed by atoms with Crippen LogP contribution in [0.5, 0.6) is 28.7 Å². The molecule has 3 N–H and O–H groups in total. The highest BCUT2D eigenvalue weighted by atomic mass is 16.5. The summed E-state index contributed by atoms with van der Waals surface area (Å²) >= 11 is 0. The molecule has 0 saturated heterocycles. The second-order valence-electron chi connectivity index (χ2n) is 9.16. The summed E-state index contributed by atoms with van der Waals surface area (Å²) in [5.41, 5.74) is 1.18. The highest BCUT2D eigenvalue weighted by molar-refractivity contribution is 6.17. The van der Waals surface area contributed by atoms with Gasteiger partial charge in [0.2, 0.25) is 5.75 Å². The Balaban J connectivity index is 1.38. The van der Waals surface area contributed by atoms with Crippen LogP contribution in [0.1, 0.15) is 45.5 Å². The molecule has 1 atom stereocenters. The number of phenolic OH excluding ortho intramolecular Hbond substituents is 3. The van der Waals surface area contributed by atoms with E-state index in [0.717, 1.165) is 18.9 Å². The summed E-state index contributed by atoms with van der Waals surface area (Å²) in [6, 6.07) is 16.5. The molecule has 5 rings (SSSR count). The summed E-state index contributed by atoms with van der Waals surface area (Å²) in [5.74, 6) is -2.35. The molecule has 0 aromatic heterocycles. The minimum Gasteiger partial charge on any atom is -0.504 e. The molecule has 0 amide bonds. The maximum absolute atomic E-state index is 13.3. The molecule has 0 heterocycles. The van der Waals surface area contributed by atoms with Crippen LogP contribution in [0.25, 0.3) is 0 Å². The van der Waals surface area contributed by atoms with Gasteiger partial charge in [0.1, 0.15) is 11.5 Å². The van der Waals surface area contributed by atoms with Crippen LogP contribution in [-0.2, 0) is 0 Å². The monoisotopic (exact) mass is 506 g/mol. The van der Waals surface area contributed by atoms with Gasteiger partial charge >= 0.3 is 0 Å². The molecule has 2 aliphatic carbocycles. The van der Waals surface area contributed by atoms with Gasteiger partial charge in [-0.15, -0.1) is 0 Å². The summed E-state index contributed by atoms with van der Waals surface area (Å²) in [4.78, 5) is 26.5. The van der Waals surface area contributed by atoms with E-state index < -0.39 is 28.8 Å². The number of benzene rings is 3. The number of aromatic hydroxyl groups is 3. The van der Waals surface area contributed by atoms with E-state index in [9.17, 15) is 24.9 Å². The molecule has 3 aromatic rings. The first-order valence-corrected chi connectivity index (χ1v) is 12.4. The zero-order valence-corrected chi connectivity index (χ0v) is 20.5. The van der Waals surface area contributed by atoms with Crippen LogP contribution in [0.15, 0.2) is 108 Å². The van der Waals surface area contributed by atoms with Crippen LogP contribution in [0, 0.1) is 5.92 Å². The molecule has 1 unspecified atom stereocenters. The lowest BCUT2D eigenvalue weighted by Gasteiger charge is -2.19. The third-order valence-electron chi connectivity index (χ3n) is 6.65. The van der Waals surface area contributed by atoms with E-state index in [0.29, 0.717) is 23.5 Å². The Labute approximate surface area is 220 Å². The van der Waals surface area contributed by atoms with Gasteiger partial charge in [-0.25, -0.2) is 0 Å². The van der Waals surface area contributed by atoms with Gasteiger partial charge in [0.05, 0.1) is 11.1 Å². The summed E-state index contributed by atoms with van der Waals surface area (Å²) in [6.45, 7) is 0. The average Bonchev–Trinajstić information content (AvgIpc) is 2.97. The van der Waals surface area contributed by atoms with Crippen molar-refractivity contribution >= 4 is 11.6 Å². The smallest absolute Gasteiger partial charge is 0.201 e. The SMILES string of the molecule is O=C(C1=CCC(C2=CCCC=C2)C=C1)c1cc(C(=O)c2ccc(Oc3ccccc3)cc2)c(O)c(O)c1O. The van der Waals surface area contributed by atoms with Gasteiger partial charge in [-0.2, -0.15) is 0 Å². The molecule has 0 spiro atoms. The number of phenols is 3. The van der Waals surface area contributed by atoms with Crippen molar-refractivity contribution in [1.29, 1.82) is 0 Å². The van der Waals surface area contributed by atoms with Crippen LogP contribution >= 0.6 is 0 Å². The van der Waals surface area contributed by atoms with Crippen molar-refractivity contribution < 1.29 is 29.6 Å². The number of Topliss-reactive ketones (excluding diaryl/α,β-unsaturated/α-hetero) is 1. The van der Waals surface area contributed by atoms with Gasteiger partial charge in [-0.05, 0) is 67.3 Å². The Morgan fingerprint density at radius 3 is 2.05 bits per heavy atom. The van der Waals surface area contributed by atoms with Crippen molar-refractivity contribution in [2.75, 3.05) is 0 Å². The summed E-state index contributed by atoms with van der Waals surface area (Å²) in [6.07, 6.45) is 14.5. The molecule has 0 bridgehead atoms. The quantitative estimate of drug-likeness (QED) is 0.241. The molecule has 38 heavy (non-hydrogen) atoms. The van der Waals surface area contributed by atoms with Gasteiger partial charge in [0.15, 0.2) is 23.1 Å². The second kappa shape index (κ2) is 10.6. The Morgan fingerprint density at radius 2 is 1.42 bits per heavy atom. The number of carbonyl (C=O) groups excluding carboxylic acids is 2. The third kappa shape index (κ3) is 5.02. The summed E-state index contributed by atoms with van der Waals surface area (Å²) in [7, 11) is 0. The number of ketones is 2. The number of hydrogen-bond acceptors (Lipinski definition) is 6. The standard InChI is InChI=1S/C32H26O6/c33-28(22-13-11-21(12-14-22)20-7-3-1-4-8-20)26-19-27(31(36)32(37)30(26)35)29(34)23-15-17-25(18-16-23)38-24-9-5-2-6-10-24/h2-3,5-11,13-19,21,35-37H,1,4,12H2. The van der Waals surface area contributed by atoms with Crippen LogP contribution < -0.4 is 4.74 Å². The number of hydrogen-bond donors (Lipinski definition) is 3. The molecule has 3 aromatic carbocycles. The van der Waals surface area contributed by atoms with E-state index in [2.05, 4.69) is 18.2 Å². The largest absolute Gasteiger partial charge is 0.504 e. The van der Waals surface area contributed by atoms with Crippen molar-refractivity contribution in [2.45, 2.75) is 19.3 Å². The van der Waals surface area contributed by atoms with Gasteiger partial charge < -0.3 is 20.1 Å². The highest BCUT2D eigenvalue weighted by Crippen LogP contribution is 2.42. The van der Waals surface area contributed by atoms with Crippen molar-refractivity contribution in [2.24, 2.45) is 5.92 Å². The van der Waals surface area contributed by atoms with Gasteiger partial charge in [0.25, 0.3) is 0 Å². The molecule has 0 aliphatic heterocycles. The Hall–Kier alpha value is -4.84. The molecule has 0 fully saturated rings. The minimum atomic E-state index is -0.918. The van der Waals surface area contributed by atoms with Gasteiger partial charge in [0, 0.05) is 17.1 Å². The van der Waals surface area contributed by atoms with Crippen molar-refractivity contribution in [1.82, 2.24) is 0 Å². The Morgan fingerprint density at radius 1 is 0.737 bits per heavy atom. The van der Waals surface area contributed by atoms with E-state index in [-0.39, 0.29) is 22.6 Å². The number of ether oxygens (including phenoxy) is 1. The molecule has 2 aliphatic rings. The number of para-hydroxylation sites is 1. The summed E-state index contributed by atoms with van der Waals surface area (Å²) in [5, 5.41) is 31.3. The molecule has 0 saturated carbocycles. The Kier molecular flexibility index (Phi) is 6.96. The first kappa shape index (κ1) is 24.8. The van der Waals surface area contributed by atoms with Crippen LogP contribution in [0.4, 0.5) is 0 Å². The molecule has 6 nitrogen and oxygen atoms in total. The van der Waals surface area contributed by atoms with E-state index >= 15 is 0 Å². The Bertz CT molecular complexity index is 1510. The molecule has 0 radical (unpaired) electrons. The number of rotatable bonds is 7. The van der Waals surface area contributed by atoms with Gasteiger partial charge in [-0.1, -0.05) is 54.7 Å². The van der Waals surface area contributed by atoms with Gasteiger partial charge in [-0.3, -0.25) is 9.59 Å². The molecular formula is C32H26O6. The first-order valence-electron chi connectivity index (χ1n) is 12.4. The van der Waals surface area contributed by atoms with Crippen LogP contribution in [0.3, 0.4) is 0 Å². The zero-order chi connectivity index (χ0) is 26.6. The molecule has 6 heteroatoms. The van der Waals surface area contributed by atoms with E-state index in [4.69, 9.17) is 4.74 Å². The maximum atomic E-state index is 13.3. The second-order valence-corrected chi connectivity index (χ2v) is 9.16. The fourth-order valence-electron chi connectivity index (χ4n) is 4.55. The van der Waals surface area contributed by atoms with E-state index in [1.807, 2.05) is 24.3 Å². The lowest BCUT2D eigenvalue weighted by molar-refractivity contribution is 0.103. The normalized spacial score (nSPS) is 16.5. The summed E-state index contributed by atoms with van der Waals surface area (Å²) < 4.78 is 5.74. The molecule has 190 valence electrons. The predicted octanol–water partition coefficient (Wildman–Crippen LogP) is 6.79. The van der Waals surface area contributed by atoms with E-state index in [1.165, 1.54) is 17.7 Å². The first-order chi connectivity index (χ1) is 18.4. The fourth-order valence-corrected chi connectivity index (χ4v) is 4.55. The van der Waals surface area contributed by atoms with Crippen molar-refractivity contribution in [3.05, 3.63) is 125 Å². The topological polar surface area (TPSA) is 104 Å². The lowest BCUT2D eigenvalue weighted by Crippen LogP contribution is -2.11. The van der Waals surface area contributed by atoms with Crippen LogP contribution in [-0.4, -0.2) is 26.9 Å². The van der Waals surface area contributed by atoms with Crippen molar-refractivity contribution in [3.8, 4) is 28.7 Å². The average molecular weight is 507 g/mol. The zero-order valence-electron chi connectivity index (χ0n) is 20.5. The maximum Gasteiger partial charge on any atom is 0.201 e. The predicted molar refractivity (Wildman–Crippen MR) is 144 cm³/mol. The van der Waals surface area contributed by atoms with E-state index in [1.54, 1.807) is 36.4 Å². The fraction of sp³-hybridized carbons (Fsp3) is 0.125. The number of allylic oxidation sites excluding steroid dienone is 8.